The molecule has 136 valence electrons. The highest BCUT2D eigenvalue weighted by molar-refractivity contribution is 5.85. The van der Waals surface area contributed by atoms with Crippen LogP contribution in [0.4, 0.5) is 4.39 Å². The maximum atomic E-state index is 13.3. The van der Waals surface area contributed by atoms with Crippen molar-refractivity contribution >= 4 is 11.8 Å². The minimum absolute atomic E-state index is 0.0363. The predicted molar refractivity (Wildman–Crippen MR) is 93.3 cm³/mol. The summed E-state index contributed by atoms with van der Waals surface area (Å²) >= 11 is 0. The number of carbonyl (C=O) groups excluding carboxylic acids is 2. The van der Waals surface area contributed by atoms with Crippen molar-refractivity contribution in [1.29, 1.82) is 0 Å². The summed E-state index contributed by atoms with van der Waals surface area (Å²) < 4.78 is 13.3. The van der Waals surface area contributed by atoms with Gasteiger partial charge >= 0.3 is 0 Å². The van der Waals surface area contributed by atoms with E-state index >= 15 is 0 Å². The number of benzene rings is 1. The smallest absolute Gasteiger partial charge is 0.228 e. The quantitative estimate of drug-likeness (QED) is 0.839. The molecule has 6 heteroatoms. The number of likely N-dealkylation sites (tertiary alicyclic amines) is 1. The Hall–Kier alpha value is -1.95. The van der Waals surface area contributed by atoms with Crippen molar-refractivity contribution in [3.8, 4) is 0 Å². The summed E-state index contributed by atoms with van der Waals surface area (Å²) in [5, 5.41) is 0. The minimum Gasteiger partial charge on any atom is -0.340 e. The number of likely N-dealkylation sites (N-methyl/N-ethyl adjacent to an activating group) is 1. The van der Waals surface area contributed by atoms with Crippen LogP contribution < -0.4 is 0 Å². The van der Waals surface area contributed by atoms with Crippen LogP contribution in [0.15, 0.2) is 24.3 Å². The molecule has 2 atom stereocenters. The summed E-state index contributed by atoms with van der Waals surface area (Å²) in [4.78, 5) is 31.3. The van der Waals surface area contributed by atoms with E-state index in [4.69, 9.17) is 0 Å². The molecule has 2 amide bonds. The SMILES string of the molecule is CCN1CCN(C(=O)C2CCC(=O)N(C)C2c2ccc(F)cc2)CC1. The van der Waals surface area contributed by atoms with Crippen molar-refractivity contribution in [3.05, 3.63) is 35.6 Å². The van der Waals surface area contributed by atoms with Gasteiger partial charge < -0.3 is 14.7 Å². The summed E-state index contributed by atoms with van der Waals surface area (Å²) in [6, 6.07) is 5.83. The zero-order valence-electron chi connectivity index (χ0n) is 14.9. The molecular formula is C19H26FN3O2. The Morgan fingerprint density at radius 2 is 1.80 bits per heavy atom. The second-order valence-corrected chi connectivity index (χ2v) is 6.91. The highest BCUT2D eigenvalue weighted by Gasteiger charge is 2.40. The molecule has 5 nitrogen and oxygen atoms in total. The van der Waals surface area contributed by atoms with E-state index in [1.807, 2.05) is 4.90 Å². The average Bonchev–Trinajstić information content (AvgIpc) is 2.64. The molecule has 3 rings (SSSR count). The Morgan fingerprint density at radius 1 is 1.16 bits per heavy atom. The molecule has 0 aromatic heterocycles. The van der Waals surface area contributed by atoms with Gasteiger partial charge in [0.2, 0.25) is 11.8 Å². The molecule has 0 N–H and O–H groups in total. The van der Waals surface area contributed by atoms with Crippen LogP contribution in [0, 0.1) is 11.7 Å². The largest absolute Gasteiger partial charge is 0.340 e. The monoisotopic (exact) mass is 347 g/mol. The molecule has 2 unspecified atom stereocenters. The van der Waals surface area contributed by atoms with Crippen LogP contribution in [0.2, 0.25) is 0 Å². The molecule has 2 aliphatic rings. The Bertz CT molecular complexity index is 626. The summed E-state index contributed by atoms with van der Waals surface area (Å²) in [6.07, 6.45) is 0.942. The van der Waals surface area contributed by atoms with Crippen molar-refractivity contribution in [2.24, 2.45) is 5.92 Å². The molecule has 0 aliphatic carbocycles. The van der Waals surface area contributed by atoms with Crippen molar-refractivity contribution in [2.45, 2.75) is 25.8 Å². The van der Waals surface area contributed by atoms with E-state index in [1.165, 1.54) is 12.1 Å². The number of amides is 2. The Morgan fingerprint density at radius 3 is 2.40 bits per heavy atom. The van der Waals surface area contributed by atoms with Gasteiger partial charge in [0.15, 0.2) is 0 Å². The van der Waals surface area contributed by atoms with Gasteiger partial charge in [-0.2, -0.15) is 0 Å². The van der Waals surface area contributed by atoms with Crippen molar-refractivity contribution in [1.82, 2.24) is 14.7 Å². The molecule has 0 saturated carbocycles. The number of hydrogen-bond acceptors (Lipinski definition) is 3. The Balaban J connectivity index is 1.81. The van der Waals surface area contributed by atoms with Gasteiger partial charge in [-0.15, -0.1) is 0 Å². The summed E-state index contributed by atoms with van der Waals surface area (Å²) in [5.74, 6) is -0.424. The molecule has 0 spiro atoms. The molecule has 1 aromatic carbocycles. The van der Waals surface area contributed by atoms with Gasteiger partial charge in [-0.3, -0.25) is 9.59 Å². The number of nitrogens with zero attached hydrogens (tertiary/aromatic N) is 3. The van der Waals surface area contributed by atoms with E-state index in [9.17, 15) is 14.0 Å². The van der Waals surface area contributed by atoms with Crippen LogP contribution in [0.1, 0.15) is 31.4 Å². The van der Waals surface area contributed by atoms with Crippen LogP contribution in [-0.4, -0.2) is 66.3 Å². The third-order valence-electron chi connectivity index (χ3n) is 5.52. The number of halogens is 1. The fourth-order valence-electron chi connectivity index (χ4n) is 3.93. The highest BCUT2D eigenvalue weighted by Crippen LogP contribution is 2.37. The molecule has 2 fully saturated rings. The number of hydrogen-bond donors (Lipinski definition) is 0. The molecule has 0 radical (unpaired) electrons. The van der Waals surface area contributed by atoms with Gasteiger partial charge in [0.25, 0.3) is 0 Å². The van der Waals surface area contributed by atoms with Gasteiger partial charge in [0, 0.05) is 39.6 Å². The topological polar surface area (TPSA) is 43.9 Å². The lowest BCUT2D eigenvalue weighted by atomic mass is 9.83. The van der Waals surface area contributed by atoms with E-state index in [2.05, 4.69) is 11.8 Å². The van der Waals surface area contributed by atoms with Gasteiger partial charge in [-0.1, -0.05) is 19.1 Å². The van der Waals surface area contributed by atoms with Crippen LogP contribution >= 0.6 is 0 Å². The first-order valence-corrected chi connectivity index (χ1v) is 9.03. The molecule has 2 heterocycles. The lowest BCUT2D eigenvalue weighted by Gasteiger charge is -2.42. The van der Waals surface area contributed by atoms with Crippen molar-refractivity contribution in [3.63, 3.8) is 0 Å². The second-order valence-electron chi connectivity index (χ2n) is 6.91. The van der Waals surface area contributed by atoms with E-state index in [1.54, 1.807) is 24.1 Å². The Kier molecular flexibility index (Phi) is 5.37. The minimum atomic E-state index is -0.321. The lowest BCUT2D eigenvalue weighted by Crippen LogP contribution is -2.53. The first-order valence-electron chi connectivity index (χ1n) is 9.03. The second kappa shape index (κ2) is 7.52. The van der Waals surface area contributed by atoms with Gasteiger partial charge in [-0.25, -0.2) is 4.39 Å². The molecule has 2 saturated heterocycles. The van der Waals surface area contributed by atoms with Crippen molar-refractivity contribution in [2.75, 3.05) is 39.8 Å². The molecule has 0 bridgehead atoms. The first kappa shape index (κ1) is 17.9. The summed E-state index contributed by atoms with van der Waals surface area (Å²) in [5.41, 5.74) is 0.822. The average molecular weight is 347 g/mol. The standard InChI is InChI=1S/C19H26FN3O2/c1-3-22-10-12-23(13-11-22)19(25)16-8-9-17(24)21(2)18(16)14-4-6-15(20)7-5-14/h4-7,16,18H,3,8-13H2,1-2H3. The van der Waals surface area contributed by atoms with Gasteiger partial charge in [0.1, 0.15) is 5.82 Å². The van der Waals surface area contributed by atoms with Crippen molar-refractivity contribution < 1.29 is 14.0 Å². The first-order chi connectivity index (χ1) is 12.0. The van der Waals surface area contributed by atoms with Crippen LogP contribution in [-0.2, 0) is 9.59 Å². The molecule has 25 heavy (non-hydrogen) atoms. The fraction of sp³-hybridized carbons (Fsp3) is 0.579. The van der Waals surface area contributed by atoms with Crippen LogP contribution in [0.3, 0.4) is 0 Å². The number of rotatable bonds is 3. The highest BCUT2D eigenvalue weighted by atomic mass is 19.1. The number of carbonyl (C=O) groups is 2. The number of piperazine rings is 1. The van der Waals surface area contributed by atoms with Gasteiger partial charge in [-0.05, 0) is 30.7 Å². The third kappa shape index (κ3) is 3.68. The molecule has 2 aliphatic heterocycles. The maximum absolute atomic E-state index is 13.3. The predicted octanol–water partition coefficient (Wildman–Crippen LogP) is 1.90. The summed E-state index contributed by atoms with van der Waals surface area (Å²) in [7, 11) is 1.74. The zero-order chi connectivity index (χ0) is 18.0. The van der Waals surface area contributed by atoms with E-state index in [0.717, 1.165) is 38.3 Å². The van der Waals surface area contributed by atoms with E-state index in [0.29, 0.717) is 12.8 Å². The van der Waals surface area contributed by atoms with Crippen LogP contribution in [0.5, 0.6) is 0 Å². The summed E-state index contributed by atoms with van der Waals surface area (Å²) in [6.45, 7) is 6.38. The lowest BCUT2D eigenvalue weighted by molar-refractivity contribution is -0.147. The third-order valence-corrected chi connectivity index (χ3v) is 5.52. The fourth-order valence-corrected chi connectivity index (χ4v) is 3.93. The van der Waals surface area contributed by atoms with E-state index in [-0.39, 0.29) is 29.6 Å². The van der Waals surface area contributed by atoms with E-state index < -0.39 is 0 Å². The normalized spacial score (nSPS) is 25.3. The van der Waals surface area contributed by atoms with Crippen LogP contribution in [0.25, 0.3) is 0 Å². The van der Waals surface area contributed by atoms with Gasteiger partial charge in [0.05, 0.1) is 12.0 Å². The molecular weight excluding hydrogens is 321 g/mol. The molecule has 1 aromatic rings. The maximum Gasteiger partial charge on any atom is 0.228 e. The Labute approximate surface area is 148 Å². The zero-order valence-corrected chi connectivity index (χ0v) is 14.9. The number of piperidine rings is 1.